The van der Waals surface area contributed by atoms with Crippen LogP contribution in [0, 0.1) is 5.82 Å². The Labute approximate surface area is 146 Å². The molecule has 26 heavy (non-hydrogen) atoms. The van der Waals surface area contributed by atoms with Crippen LogP contribution in [0.4, 0.5) is 17.6 Å². The van der Waals surface area contributed by atoms with Crippen LogP contribution in [-0.2, 0) is 13.1 Å². The van der Waals surface area contributed by atoms with Crippen LogP contribution in [0.1, 0.15) is 11.3 Å². The summed E-state index contributed by atoms with van der Waals surface area (Å²) in [4.78, 5) is 4.26. The van der Waals surface area contributed by atoms with E-state index in [1.165, 1.54) is 30.5 Å². The summed E-state index contributed by atoms with van der Waals surface area (Å²) in [5.41, 5.74) is 1.56. The van der Waals surface area contributed by atoms with Crippen LogP contribution in [0.5, 0.6) is 5.75 Å². The van der Waals surface area contributed by atoms with E-state index in [0.29, 0.717) is 22.7 Å². The number of oxazole rings is 1. The molecule has 0 atom stereocenters. The highest BCUT2D eigenvalue weighted by molar-refractivity contribution is 5.52. The Morgan fingerprint density at radius 2 is 1.73 bits per heavy atom. The van der Waals surface area contributed by atoms with E-state index in [2.05, 4.69) is 15.0 Å². The van der Waals surface area contributed by atoms with Crippen molar-refractivity contribution < 1.29 is 26.7 Å². The topological polar surface area (TPSA) is 47.3 Å². The standard InChI is InChI=1S/C18H14F4N2O2/c19-14-7-5-12(6-8-14)17-24-15(11-25-17)10-23-9-13-3-1-2-4-16(13)26-18(20,21)22/h1-8,11,23H,9-10H2. The molecule has 0 saturated heterocycles. The number of alkyl halides is 3. The number of nitrogens with one attached hydrogen (secondary N) is 1. The second-order valence-electron chi connectivity index (χ2n) is 5.41. The number of hydrogen-bond acceptors (Lipinski definition) is 4. The Balaban J connectivity index is 1.60. The average molecular weight is 366 g/mol. The van der Waals surface area contributed by atoms with Gasteiger partial charge in [0.25, 0.3) is 0 Å². The molecule has 0 amide bonds. The van der Waals surface area contributed by atoms with Crippen molar-refractivity contribution in [2.24, 2.45) is 0 Å². The molecule has 0 aliphatic rings. The van der Waals surface area contributed by atoms with Crippen molar-refractivity contribution >= 4 is 0 Å². The summed E-state index contributed by atoms with van der Waals surface area (Å²) in [5.74, 6) is -0.274. The molecule has 0 aliphatic carbocycles. The quantitative estimate of drug-likeness (QED) is 0.644. The summed E-state index contributed by atoms with van der Waals surface area (Å²) in [6.07, 6.45) is -3.31. The first kappa shape index (κ1) is 17.9. The molecule has 4 nitrogen and oxygen atoms in total. The number of halogens is 4. The van der Waals surface area contributed by atoms with Gasteiger partial charge < -0.3 is 14.5 Å². The van der Waals surface area contributed by atoms with Crippen molar-refractivity contribution in [1.29, 1.82) is 0 Å². The largest absolute Gasteiger partial charge is 0.573 e. The van der Waals surface area contributed by atoms with Crippen molar-refractivity contribution in [2.45, 2.75) is 19.5 Å². The van der Waals surface area contributed by atoms with E-state index in [9.17, 15) is 17.6 Å². The van der Waals surface area contributed by atoms with Crippen LogP contribution >= 0.6 is 0 Å². The smallest absolute Gasteiger partial charge is 0.444 e. The lowest BCUT2D eigenvalue weighted by atomic mass is 10.2. The normalized spacial score (nSPS) is 11.5. The second-order valence-corrected chi connectivity index (χ2v) is 5.41. The van der Waals surface area contributed by atoms with Crippen LogP contribution in [0.25, 0.3) is 11.5 Å². The molecule has 3 rings (SSSR count). The van der Waals surface area contributed by atoms with Crippen molar-refractivity contribution in [3.8, 4) is 17.2 Å². The van der Waals surface area contributed by atoms with Gasteiger partial charge in [-0.25, -0.2) is 9.37 Å². The number of benzene rings is 2. The van der Waals surface area contributed by atoms with Gasteiger partial charge in [0.1, 0.15) is 17.8 Å². The molecule has 1 heterocycles. The minimum atomic E-state index is -4.74. The first-order chi connectivity index (χ1) is 12.4. The number of ether oxygens (including phenoxy) is 1. The maximum Gasteiger partial charge on any atom is 0.573 e. The first-order valence-corrected chi connectivity index (χ1v) is 7.65. The van der Waals surface area contributed by atoms with Gasteiger partial charge in [-0.05, 0) is 30.3 Å². The minimum absolute atomic E-state index is 0.158. The van der Waals surface area contributed by atoms with E-state index in [1.54, 1.807) is 24.3 Å². The van der Waals surface area contributed by atoms with E-state index in [1.807, 2.05) is 0 Å². The lowest BCUT2D eigenvalue weighted by molar-refractivity contribution is -0.274. The molecule has 0 bridgehead atoms. The number of nitrogens with zero attached hydrogens (tertiary/aromatic N) is 1. The van der Waals surface area contributed by atoms with Crippen molar-refractivity contribution in [1.82, 2.24) is 10.3 Å². The van der Waals surface area contributed by atoms with Crippen LogP contribution < -0.4 is 10.1 Å². The van der Waals surface area contributed by atoms with Crippen LogP contribution in [0.3, 0.4) is 0 Å². The Morgan fingerprint density at radius 1 is 1.00 bits per heavy atom. The Hall–Kier alpha value is -2.87. The molecule has 0 fully saturated rings. The van der Waals surface area contributed by atoms with Gasteiger partial charge in [0.05, 0.1) is 5.69 Å². The van der Waals surface area contributed by atoms with Gasteiger partial charge in [-0.1, -0.05) is 18.2 Å². The molecule has 3 aromatic rings. The first-order valence-electron chi connectivity index (χ1n) is 7.65. The highest BCUT2D eigenvalue weighted by Gasteiger charge is 2.31. The van der Waals surface area contributed by atoms with Crippen LogP contribution in [0.2, 0.25) is 0 Å². The van der Waals surface area contributed by atoms with Gasteiger partial charge in [-0.2, -0.15) is 0 Å². The van der Waals surface area contributed by atoms with E-state index in [4.69, 9.17) is 4.42 Å². The molecule has 0 saturated carbocycles. The molecule has 0 spiro atoms. The summed E-state index contributed by atoms with van der Waals surface area (Å²) in [6, 6.07) is 11.6. The van der Waals surface area contributed by atoms with Gasteiger partial charge >= 0.3 is 6.36 Å². The zero-order valence-corrected chi connectivity index (χ0v) is 13.4. The molecule has 0 radical (unpaired) electrons. The van der Waals surface area contributed by atoms with Crippen molar-refractivity contribution in [2.75, 3.05) is 0 Å². The summed E-state index contributed by atoms with van der Waals surface area (Å²) >= 11 is 0. The monoisotopic (exact) mass is 366 g/mol. The molecule has 136 valence electrons. The zero-order chi connectivity index (χ0) is 18.6. The Kier molecular flexibility index (Phi) is 5.22. The average Bonchev–Trinajstić information content (AvgIpc) is 3.05. The van der Waals surface area contributed by atoms with Crippen LogP contribution in [-0.4, -0.2) is 11.3 Å². The summed E-state index contributed by atoms with van der Waals surface area (Å²) in [6.45, 7) is 0.441. The van der Waals surface area contributed by atoms with Crippen molar-refractivity contribution in [3.63, 3.8) is 0 Å². The molecule has 2 aromatic carbocycles. The minimum Gasteiger partial charge on any atom is -0.444 e. The third kappa shape index (κ3) is 4.82. The fraction of sp³-hybridized carbons (Fsp3) is 0.167. The van der Waals surface area contributed by atoms with Gasteiger partial charge in [-0.15, -0.1) is 13.2 Å². The SMILES string of the molecule is Fc1ccc(-c2nc(CNCc3ccccc3OC(F)(F)F)co2)cc1. The fourth-order valence-electron chi connectivity index (χ4n) is 2.31. The maximum atomic E-state index is 12.9. The summed E-state index contributed by atoms with van der Waals surface area (Å²) in [5, 5.41) is 2.99. The predicted octanol–water partition coefficient (Wildman–Crippen LogP) is 4.67. The molecular formula is C18H14F4N2O2. The van der Waals surface area contributed by atoms with E-state index >= 15 is 0 Å². The van der Waals surface area contributed by atoms with Gasteiger partial charge in [-0.3, -0.25) is 0 Å². The number of para-hydroxylation sites is 1. The number of aromatic nitrogens is 1. The highest BCUT2D eigenvalue weighted by atomic mass is 19.4. The lowest BCUT2D eigenvalue weighted by Crippen LogP contribution is -2.20. The Morgan fingerprint density at radius 3 is 2.46 bits per heavy atom. The molecule has 8 heteroatoms. The fourth-order valence-corrected chi connectivity index (χ4v) is 2.31. The highest BCUT2D eigenvalue weighted by Crippen LogP contribution is 2.26. The van der Waals surface area contributed by atoms with Gasteiger partial charge in [0.2, 0.25) is 5.89 Å². The molecule has 1 N–H and O–H groups in total. The predicted molar refractivity (Wildman–Crippen MR) is 85.6 cm³/mol. The van der Waals surface area contributed by atoms with E-state index in [-0.39, 0.29) is 24.7 Å². The van der Waals surface area contributed by atoms with E-state index in [0.717, 1.165) is 0 Å². The number of rotatable bonds is 6. The zero-order valence-electron chi connectivity index (χ0n) is 13.4. The molecular weight excluding hydrogens is 352 g/mol. The molecule has 0 unspecified atom stereocenters. The van der Waals surface area contributed by atoms with E-state index < -0.39 is 6.36 Å². The third-order valence-corrected chi connectivity index (χ3v) is 3.46. The lowest BCUT2D eigenvalue weighted by Gasteiger charge is -2.13. The summed E-state index contributed by atoms with van der Waals surface area (Å²) in [7, 11) is 0. The number of hydrogen-bond donors (Lipinski definition) is 1. The van der Waals surface area contributed by atoms with Gasteiger partial charge in [0, 0.05) is 24.2 Å². The second kappa shape index (κ2) is 7.57. The third-order valence-electron chi connectivity index (χ3n) is 3.46. The van der Waals surface area contributed by atoms with Crippen molar-refractivity contribution in [3.05, 3.63) is 71.9 Å². The summed E-state index contributed by atoms with van der Waals surface area (Å²) < 4.78 is 59.5. The van der Waals surface area contributed by atoms with Crippen LogP contribution in [0.15, 0.2) is 59.2 Å². The molecule has 1 aromatic heterocycles. The van der Waals surface area contributed by atoms with Gasteiger partial charge in [0.15, 0.2) is 0 Å². The maximum absolute atomic E-state index is 12.9. The Bertz CT molecular complexity index is 860. The molecule has 0 aliphatic heterocycles.